The third kappa shape index (κ3) is 7.76. The van der Waals surface area contributed by atoms with Gasteiger partial charge in [0.2, 0.25) is 0 Å². The summed E-state index contributed by atoms with van der Waals surface area (Å²) in [5, 5.41) is 9.68. The molecule has 0 amide bonds. The van der Waals surface area contributed by atoms with Crippen molar-refractivity contribution in [2.75, 3.05) is 0 Å². The fourth-order valence-electron chi connectivity index (χ4n) is 5.98. The van der Waals surface area contributed by atoms with E-state index in [1.54, 1.807) is 49.4 Å². The van der Waals surface area contributed by atoms with E-state index < -0.39 is 11.7 Å². The molecule has 14 heteroatoms. The van der Waals surface area contributed by atoms with Crippen LogP contribution in [-0.2, 0) is 6.18 Å². The van der Waals surface area contributed by atoms with Gasteiger partial charge in [0.05, 0.1) is 40.4 Å². The van der Waals surface area contributed by atoms with Crippen LogP contribution in [0.2, 0.25) is 0 Å². The van der Waals surface area contributed by atoms with Crippen LogP contribution in [0.3, 0.4) is 0 Å². The molecule has 0 bridgehead atoms. The van der Waals surface area contributed by atoms with Crippen molar-refractivity contribution in [1.29, 1.82) is 0 Å². The molecule has 0 aliphatic rings. The summed E-state index contributed by atoms with van der Waals surface area (Å²) in [7, 11) is 0. The highest BCUT2D eigenvalue weighted by molar-refractivity contribution is 14.1. The van der Waals surface area contributed by atoms with Gasteiger partial charge in [0, 0.05) is 50.7 Å². The average molecular weight is 851 g/mol. The van der Waals surface area contributed by atoms with Crippen LogP contribution in [0, 0.1) is 17.4 Å². The van der Waals surface area contributed by atoms with Crippen molar-refractivity contribution < 1.29 is 22.8 Å². The van der Waals surface area contributed by atoms with Crippen molar-refractivity contribution in [3.05, 3.63) is 141 Å². The molecule has 0 unspecified atom stereocenters. The Kier molecular flexibility index (Phi) is 10.1. The molecular weight excluding hydrogens is 820 g/mol. The highest BCUT2D eigenvalue weighted by Gasteiger charge is 2.34. The third-order valence-electron chi connectivity index (χ3n) is 8.62. The highest BCUT2D eigenvalue weighted by Crippen LogP contribution is 2.38. The Morgan fingerprint density at radius 1 is 0.600 bits per heavy atom. The van der Waals surface area contributed by atoms with E-state index in [0.717, 1.165) is 43.3 Å². The summed E-state index contributed by atoms with van der Waals surface area (Å²) in [6, 6.07) is 28.0. The number of halogens is 4. The van der Waals surface area contributed by atoms with Gasteiger partial charge in [-0.2, -0.15) is 23.4 Å². The Morgan fingerprint density at radius 2 is 1.05 bits per heavy atom. The quantitative estimate of drug-likeness (QED) is 0.120. The van der Waals surface area contributed by atoms with Crippen LogP contribution in [0.1, 0.15) is 51.8 Å². The summed E-state index contributed by atoms with van der Waals surface area (Å²) in [5.74, 6) is 0.878. The smallest absolute Gasteiger partial charge is 0.293 e. The molecule has 55 heavy (non-hydrogen) atoms. The Labute approximate surface area is 326 Å². The molecule has 2 aromatic carbocycles. The number of rotatable bonds is 6. The van der Waals surface area contributed by atoms with E-state index in [4.69, 9.17) is 0 Å². The number of hydrogen-bond donors (Lipinski definition) is 0. The van der Waals surface area contributed by atoms with Gasteiger partial charge in [-0.05, 0) is 109 Å². The van der Waals surface area contributed by atoms with Gasteiger partial charge in [-0.25, -0.2) is 29.3 Å². The van der Waals surface area contributed by atoms with E-state index in [0.29, 0.717) is 17.2 Å². The molecule has 0 aliphatic carbocycles. The zero-order chi connectivity index (χ0) is 39.0. The monoisotopic (exact) mass is 850 g/mol. The number of carbonyl (C=O) groups excluding carboxylic acids is 2. The molecule has 8 aromatic rings. The van der Waals surface area contributed by atoms with Gasteiger partial charge in [0.25, 0.3) is 0 Å². The van der Waals surface area contributed by atoms with Crippen molar-refractivity contribution >= 4 is 56.0 Å². The number of pyridine rings is 4. The molecule has 274 valence electrons. The first-order valence-corrected chi connectivity index (χ1v) is 18.0. The lowest BCUT2D eigenvalue weighted by Crippen LogP contribution is -2.07. The Bertz CT molecular complexity index is 2780. The fraction of sp³-hybridized carbons (Fsp3) is 0.122. The van der Waals surface area contributed by atoms with Gasteiger partial charge in [-0.3, -0.25) is 9.59 Å². The van der Waals surface area contributed by atoms with Crippen LogP contribution in [0.25, 0.3) is 56.0 Å². The fourth-order valence-corrected chi connectivity index (χ4v) is 6.73. The van der Waals surface area contributed by atoms with Crippen LogP contribution in [0.4, 0.5) is 13.2 Å². The Balaban J connectivity index is 0.000000170. The minimum atomic E-state index is -4.58. The van der Waals surface area contributed by atoms with E-state index in [-0.39, 0.29) is 39.4 Å². The zero-order valence-corrected chi connectivity index (χ0v) is 32.0. The lowest BCUT2D eigenvalue weighted by molar-refractivity contribution is -0.136. The molecule has 8 rings (SSSR count). The maximum absolute atomic E-state index is 13.8. The average Bonchev–Trinajstić information content (AvgIpc) is 3.80. The summed E-state index contributed by atoms with van der Waals surface area (Å²) in [4.78, 5) is 40.9. The molecule has 0 saturated carbocycles. The number of alkyl halides is 3. The minimum absolute atomic E-state index is 0.0349. The highest BCUT2D eigenvalue weighted by atomic mass is 127. The minimum Gasteiger partial charge on any atom is -0.293 e. The van der Waals surface area contributed by atoms with Crippen molar-refractivity contribution in [3.8, 4) is 34.2 Å². The standard InChI is InChI=1S/C21H15F3N4O.C20H15IN4O/c1-12-5-3-8-20(26-12)28-19-10-14(18-7-4-6-17(27-18)13(2)29)9-16(21(22,23)24)15(19)11-25-28;1-12-5-3-8-20(23-12)25-19-10-14(9-16(21)15(19)11-22-25)18-7-4-6-17(24-18)13(2)26/h3-11H,1-2H3;3-11H,1-2H3. The predicted octanol–water partition coefficient (Wildman–Crippen LogP) is 9.61. The molecule has 0 saturated heterocycles. The summed E-state index contributed by atoms with van der Waals surface area (Å²) in [5.41, 5.74) is 4.92. The van der Waals surface area contributed by atoms with Crippen LogP contribution in [0.15, 0.2) is 109 Å². The lowest BCUT2D eigenvalue weighted by atomic mass is 10.0. The van der Waals surface area contributed by atoms with E-state index in [1.807, 2.05) is 54.2 Å². The topological polar surface area (TPSA) is 121 Å². The third-order valence-corrected chi connectivity index (χ3v) is 9.52. The van der Waals surface area contributed by atoms with Crippen molar-refractivity contribution in [1.82, 2.24) is 39.5 Å². The number of aryl methyl sites for hydroxylation is 2. The second-order valence-corrected chi connectivity index (χ2v) is 13.8. The van der Waals surface area contributed by atoms with Gasteiger partial charge in [0.1, 0.15) is 11.4 Å². The Morgan fingerprint density at radius 3 is 1.53 bits per heavy atom. The SMILES string of the molecule is CC(=O)c1cccc(-c2cc(C(F)(F)F)c3cnn(-c4cccc(C)n4)c3c2)n1.CC(=O)c1cccc(-c2cc(I)c3cnn(-c4cccc(C)n4)c3c2)n1. The first-order chi connectivity index (χ1) is 26.3. The maximum atomic E-state index is 13.8. The number of fused-ring (bicyclic) bond motifs is 2. The summed E-state index contributed by atoms with van der Waals surface area (Å²) < 4.78 is 45.6. The first-order valence-electron chi connectivity index (χ1n) is 16.9. The van der Waals surface area contributed by atoms with E-state index in [9.17, 15) is 22.8 Å². The van der Waals surface area contributed by atoms with E-state index in [1.165, 1.54) is 30.8 Å². The summed E-state index contributed by atoms with van der Waals surface area (Å²) in [6.45, 7) is 6.63. The lowest BCUT2D eigenvalue weighted by Gasteiger charge is -2.12. The normalized spacial score (nSPS) is 11.4. The van der Waals surface area contributed by atoms with Crippen molar-refractivity contribution in [2.45, 2.75) is 33.9 Å². The van der Waals surface area contributed by atoms with Gasteiger partial charge in [0.15, 0.2) is 23.2 Å². The number of benzene rings is 2. The summed E-state index contributed by atoms with van der Waals surface area (Å²) in [6.07, 6.45) is -1.55. The van der Waals surface area contributed by atoms with Crippen LogP contribution < -0.4 is 0 Å². The molecule has 6 heterocycles. The van der Waals surface area contributed by atoms with Crippen LogP contribution >= 0.6 is 22.6 Å². The van der Waals surface area contributed by atoms with Gasteiger partial charge in [-0.15, -0.1) is 0 Å². The van der Waals surface area contributed by atoms with Gasteiger partial charge >= 0.3 is 6.18 Å². The zero-order valence-electron chi connectivity index (χ0n) is 29.8. The molecule has 10 nitrogen and oxygen atoms in total. The predicted molar refractivity (Wildman–Crippen MR) is 211 cm³/mol. The van der Waals surface area contributed by atoms with Gasteiger partial charge in [-0.1, -0.05) is 24.3 Å². The van der Waals surface area contributed by atoms with Crippen molar-refractivity contribution in [3.63, 3.8) is 0 Å². The van der Waals surface area contributed by atoms with Crippen LogP contribution in [0.5, 0.6) is 0 Å². The number of ketones is 2. The number of aromatic nitrogens is 8. The van der Waals surface area contributed by atoms with E-state index >= 15 is 0 Å². The largest absolute Gasteiger partial charge is 0.417 e. The molecule has 0 spiro atoms. The molecule has 0 atom stereocenters. The Hall–Kier alpha value is -6.16. The molecule has 0 fully saturated rings. The summed E-state index contributed by atoms with van der Waals surface area (Å²) >= 11 is 2.30. The molecular formula is C41H30F3IN8O2. The maximum Gasteiger partial charge on any atom is 0.417 e. The van der Waals surface area contributed by atoms with Crippen LogP contribution in [-0.4, -0.2) is 51.1 Å². The number of Topliss-reactive ketones (excluding diaryl/α,β-unsaturated/α-hetero) is 2. The second kappa shape index (κ2) is 14.9. The van der Waals surface area contributed by atoms with E-state index in [2.05, 4.69) is 58.8 Å². The van der Waals surface area contributed by atoms with Gasteiger partial charge < -0.3 is 0 Å². The van der Waals surface area contributed by atoms with Crippen molar-refractivity contribution in [2.24, 2.45) is 0 Å². The molecule has 0 aliphatic heterocycles. The molecule has 0 radical (unpaired) electrons. The number of hydrogen-bond acceptors (Lipinski definition) is 8. The number of nitrogens with zero attached hydrogens (tertiary/aromatic N) is 8. The second-order valence-electron chi connectivity index (χ2n) is 12.7. The molecule has 0 N–H and O–H groups in total. The molecule has 6 aromatic heterocycles. The first kappa shape index (κ1) is 37.2. The number of carbonyl (C=O) groups is 2.